The number of aromatic nitrogens is 3. The number of carbonyl (C=O) groups excluding carboxylic acids is 1. The topological polar surface area (TPSA) is 86.7 Å². The number of hydrogen-bond acceptors (Lipinski definition) is 8. The largest absolute Gasteiger partial charge is 0.451 e. The molecular weight excluding hydrogens is 593 g/mol. The number of hydrogen-bond donors (Lipinski definition) is 1. The first-order valence-electron chi connectivity index (χ1n) is 17.4. The van der Waals surface area contributed by atoms with E-state index in [4.69, 9.17) is 4.74 Å². The predicted molar refractivity (Wildman–Crippen MR) is 183 cm³/mol. The van der Waals surface area contributed by atoms with E-state index in [1.54, 1.807) is 11.1 Å². The summed E-state index contributed by atoms with van der Waals surface area (Å²) in [6.45, 7) is 13.0. The number of pyridine rings is 1. The molecule has 0 radical (unpaired) electrons. The highest BCUT2D eigenvalue weighted by Crippen LogP contribution is 2.45. The maximum absolute atomic E-state index is 14.4. The fourth-order valence-electron chi connectivity index (χ4n) is 8.01. The average molecular weight is 644 g/mol. The van der Waals surface area contributed by atoms with E-state index in [2.05, 4.69) is 36.1 Å². The Morgan fingerprint density at radius 1 is 1.00 bits per heavy atom. The zero-order chi connectivity index (χ0) is 33.0. The number of likely N-dealkylation sites (tertiary alicyclic amines) is 1. The van der Waals surface area contributed by atoms with Crippen LogP contribution in [0, 0.1) is 17.2 Å². The zero-order valence-corrected chi connectivity index (χ0v) is 28.4. The van der Waals surface area contributed by atoms with Gasteiger partial charge >= 0.3 is 0 Å². The van der Waals surface area contributed by atoms with Crippen LogP contribution in [-0.2, 0) is 0 Å². The summed E-state index contributed by atoms with van der Waals surface area (Å²) in [5, 5.41) is 3.69. The van der Waals surface area contributed by atoms with E-state index >= 15 is 0 Å². The molecular formula is C37H50FN7O2. The van der Waals surface area contributed by atoms with Crippen molar-refractivity contribution in [1.82, 2.24) is 24.8 Å². The molecule has 47 heavy (non-hydrogen) atoms. The van der Waals surface area contributed by atoms with E-state index in [9.17, 15) is 9.18 Å². The summed E-state index contributed by atoms with van der Waals surface area (Å²) < 4.78 is 20.7. The molecule has 10 heteroatoms. The molecule has 1 N–H and O–H groups in total. The molecule has 2 aliphatic heterocycles. The maximum Gasteiger partial charge on any atom is 0.258 e. The Morgan fingerprint density at radius 2 is 1.77 bits per heavy atom. The Bertz CT molecular complexity index is 1480. The minimum Gasteiger partial charge on any atom is -0.451 e. The van der Waals surface area contributed by atoms with Crippen molar-refractivity contribution in [3.05, 3.63) is 66.6 Å². The first kappa shape index (κ1) is 33.1. The molecule has 1 spiro atoms. The van der Waals surface area contributed by atoms with Crippen LogP contribution in [0.1, 0.15) is 83.0 Å². The highest BCUT2D eigenvalue weighted by Gasteiger charge is 2.39. The molecule has 3 aliphatic rings. The van der Waals surface area contributed by atoms with Gasteiger partial charge in [-0.25, -0.2) is 14.4 Å². The molecule has 1 aliphatic carbocycles. The van der Waals surface area contributed by atoms with E-state index in [-0.39, 0.29) is 23.6 Å². The van der Waals surface area contributed by atoms with Gasteiger partial charge in [0.25, 0.3) is 5.91 Å². The minimum atomic E-state index is -0.478. The molecule has 0 bridgehead atoms. The molecule has 3 fully saturated rings. The third kappa shape index (κ3) is 7.86. The van der Waals surface area contributed by atoms with Crippen molar-refractivity contribution >= 4 is 17.4 Å². The van der Waals surface area contributed by atoms with Crippen LogP contribution in [0.2, 0.25) is 0 Å². The fourth-order valence-corrected chi connectivity index (χ4v) is 8.01. The summed E-state index contributed by atoms with van der Waals surface area (Å²) in [6.07, 6.45) is 15.7. The van der Waals surface area contributed by atoms with Crippen LogP contribution in [0.25, 0.3) is 0 Å². The molecule has 1 unspecified atom stereocenters. The number of ether oxygens (including phenoxy) is 1. The Hall–Kier alpha value is -3.79. The van der Waals surface area contributed by atoms with Crippen molar-refractivity contribution in [1.29, 1.82) is 0 Å². The van der Waals surface area contributed by atoms with Crippen LogP contribution < -0.4 is 15.0 Å². The Kier molecular flexibility index (Phi) is 10.2. The number of nitrogens with zero attached hydrogens (tertiary/aromatic N) is 6. The van der Waals surface area contributed by atoms with Gasteiger partial charge in [0.05, 0.1) is 17.4 Å². The van der Waals surface area contributed by atoms with Gasteiger partial charge in [0.2, 0.25) is 0 Å². The Balaban J connectivity index is 1.04. The molecule has 6 rings (SSSR count). The average Bonchev–Trinajstić information content (AvgIpc) is 3.53. The minimum absolute atomic E-state index is 0.0450. The lowest BCUT2D eigenvalue weighted by atomic mass is 9.67. The number of rotatable bonds is 10. The van der Waals surface area contributed by atoms with E-state index in [1.165, 1.54) is 76.1 Å². The van der Waals surface area contributed by atoms with Gasteiger partial charge in [-0.3, -0.25) is 9.78 Å². The van der Waals surface area contributed by atoms with Crippen molar-refractivity contribution in [2.75, 3.05) is 42.9 Å². The van der Waals surface area contributed by atoms with E-state index in [1.807, 2.05) is 46.2 Å². The summed E-state index contributed by atoms with van der Waals surface area (Å²) >= 11 is 0. The van der Waals surface area contributed by atoms with E-state index < -0.39 is 5.82 Å². The lowest BCUT2D eigenvalue weighted by Gasteiger charge is -2.46. The molecule has 4 heterocycles. The Morgan fingerprint density at radius 3 is 2.47 bits per heavy atom. The molecule has 1 amide bonds. The molecule has 9 nitrogen and oxygen atoms in total. The molecule has 1 atom stereocenters. The predicted octanol–water partition coefficient (Wildman–Crippen LogP) is 7.03. The highest BCUT2D eigenvalue weighted by molar-refractivity contribution is 5.97. The summed E-state index contributed by atoms with van der Waals surface area (Å²) in [4.78, 5) is 33.3. The third-order valence-corrected chi connectivity index (χ3v) is 10.5. The number of nitrogens with one attached hydrogen (secondary N) is 1. The quantitative estimate of drug-likeness (QED) is 0.252. The first-order valence-corrected chi connectivity index (χ1v) is 17.4. The normalized spacial score (nSPS) is 20.2. The molecule has 2 saturated heterocycles. The van der Waals surface area contributed by atoms with Gasteiger partial charge in [-0.2, -0.15) is 0 Å². The lowest BCUT2D eigenvalue weighted by Crippen LogP contribution is -2.45. The molecule has 1 saturated carbocycles. The van der Waals surface area contributed by atoms with Gasteiger partial charge in [-0.1, -0.05) is 0 Å². The number of amides is 1. The Labute approximate surface area is 278 Å². The van der Waals surface area contributed by atoms with Crippen molar-refractivity contribution in [3.8, 4) is 11.5 Å². The van der Waals surface area contributed by atoms with Crippen LogP contribution in [0.4, 0.5) is 15.9 Å². The van der Waals surface area contributed by atoms with Crippen LogP contribution >= 0.6 is 0 Å². The van der Waals surface area contributed by atoms with Crippen LogP contribution in [-0.4, -0.2) is 81.5 Å². The smallest absolute Gasteiger partial charge is 0.258 e. The number of halogens is 1. The van der Waals surface area contributed by atoms with Crippen LogP contribution in [0.5, 0.6) is 11.5 Å². The maximum atomic E-state index is 14.4. The molecule has 1 aromatic carbocycles. The van der Waals surface area contributed by atoms with Crippen molar-refractivity contribution in [3.63, 3.8) is 0 Å². The highest BCUT2D eigenvalue weighted by atomic mass is 19.1. The van der Waals surface area contributed by atoms with Gasteiger partial charge in [0, 0.05) is 50.2 Å². The van der Waals surface area contributed by atoms with Gasteiger partial charge in [0.15, 0.2) is 11.6 Å². The lowest BCUT2D eigenvalue weighted by molar-refractivity contribution is 0.0584. The summed E-state index contributed by atoms with van der Waals surface area (Å²) in [5.41, 5.74) is 1.83. The monoisotopic (exact) mass is 643 g/mol. The van der Waals surface area contributed by atoms with Gasteiger partial charge in [-0.15, -0.1) is 0 Å². The van der Waals surface area contributed by atoms with Crippen molar-refractivity contribution in [2.24, 2.45) is 11.3 Å². The third-order valence-electron chi connectivity index (χ3n) is 10.5. The second kappa shape index (κ2) is 14.5. The van der Waals surface area contributed by atoms with Crippen molar-refractivity contribution in [2.45, 2.75) is 90.8 Å². The number of piperidine rings is 1. The van der Waals surface area contributed by atoms with Gasteiger partial charge in [0.1, 0.15) is 17.9 Å². The van der Waals surface area contributed by atoms with Crippen LogP contribution in [0.3, 0.4) is 0 Å². The fraction of sp³-hybridized carbons (Fsp3) is 0.568. The van der Waals surface area contributed by atoms with E-state index in [0.717, 1.165) is 31.7 Å². The SMILES string of the molecule is CC(C)N(C(=O)c1cc(F)ccc1Oc1cncnc1N1CCC(CN2CCC3(CCC(Nc4cccnc4)CC3)CC2)C1)C(C)C. The standard InChI is InChI=1S/C37H50FN7O2/c1-26(2)45(27(3)4)36(46)32-20-29(38)7-8-33(32)47-34-22-40-25-41-35(34)44-17-11-28(24-44)23-43-18-14-37(15-19-43)12-9-30(10-13-37)42-31-6-5-16-39-21-31/h5-8,16,20-22,25-28,30,42H,9-15,17-19,23-24H2,1-4H3. The molecule has 252 valence electrons. The number of carbonyl (C=O) groups is 1. The summed E-state index contributed by atoms with van der Waals surface area (Å²) in [5.74, 6) is 1.29. The summed E-state index contributed by atoms with van der Waals surface area (Å²) in [6, 6.07) is 8.67. The molecule has 2 aromatic heterocycles. The second-order valence-corrected chi connectivity index (χ2v) is 14.4. The number of benzene rings is 1. The molecule has 3 aromatic rings. The van der Waals surface area contributed by atoms with Gasteiger partial charge < -0.3 is 24.8 Å². The first-order chi connectivity index (χ1) is 22.7. The second-order valence-electron chi connectivity index (χ2n) is 14.4. The summed E-state index contributed by atoms with van der Waals surface area (Å²) in [7, 11) is 0. The van der Waals surface area contributed by atoms with Gasteiger partial charge in [-0.05, 0) is 127 Å². The van der Waals surface area contributed by atoms with Crippen molar-refractivity contribution < 1.29 is 13.9 Å². The number of anilines is 2. The van der Waals surface area contributed by atoms with Crippen LogP contribution in [0.15, 0.2) is 55.2 Å². The zero-order valence-electron chi connectivity index (χ0n) is 28.4. The van der Waals surface area contributed by atoms with E-state index in [0.29, 0.717) is 34.7 Å².